The fraction of sp³-hybridized carbons (Fsp3) is 0.250. The Morgan fingerprint density at radius 1 is 1.00 bits per heavy atom. The predicted octanol–water partition coefficient (Wildman–Crippen LogP) is 0.909. The summed E-state index contributed by atoms with van der Waals surface area (Å²) in [6, 6.07) is 6.61. The second kappa shape index (κ2) is 5.22. The number of hydrogen-bond donors (Lipinski definition) is 6. The van der Waals surface area contributed by atoms with Crippen molar-refractivity contribution in [3.05, 3.63) is 41.5 Å². The number of aliphatic hydroxyl groups excluding tert-OH is 1. The summed E-state index contributed by atoms with van der Waals surface area (Å²) in [6.45, 7) is -0.320. The van der Waals surface area contributed by atoms with Crippen LogP contribution in [0.2, 0.25) is 0 Å². The molecule has 0 bridgehead atoms. The van der Waals surface area contributed by atoms with Crippen LogP contribution in [-0.2, 0) is 6.42 Å². The van der Waals surface area contributed by atoms with Crippen molar-refractivity contribution in [2.75, 3.05) is 6.61 Å². The largest absolute Gasteiger partial charge is 0.504 e. The lowest BCUT2D eigenvalue weighted by Crippen LogP contribution is -2.47. The van der Waals surface area contributed by atoms with E-state index < -0.39 is 17.5 Å². The van der Waals surface area contributed by atoms with E-state index in [4.69, 9.17) is 4.74 Å². The van der Waals surface area contributed by atoms with E-state index in [2.05, 4.69) is 0 Å². The monoisotopic (exact) mass is 320 g/mol. The van der Waals surface area contributed by atoms with Crippen molar-refractivity contribution in [3.8, 4) is 28.7 Å². The molecule has 122 valence electrons. The Bertz CT molecular complexity index is 758. The molecule has 1 aliphatic heterocycles. The normalized spacial score (nSPS) is 23.1. The zero-order valence-corrected chi connectivity index (χ0v) is 12.0. The zero-order valence-electron chi connectivity index (χ0n) is 12.0. The number of ether oxygens (including phenoxy) is 1. The van der Waals surface area contributed by atoms with Gasteiger partial charge in [-0.2, -0.15) is 0 Å². The van der Waals surface area contributed by atoms with E-state index in [1.807, 2.05) is 0 Å². The highest BCUT2D eigenvalue weighted by Crippen LogP contribution is 2.47. The summed E-state index contributed by atoms with van der Waals surface area (Å²) in [5.74, 6) is -1.57. The highest BCUT2D eigenvalue weighted by molar-refractivity contribution is 5.56. The summed E-state index contributed by atoms with van der Waals surface area (Å²) >= 11 is 0. The van der Waals surface area contributed by atoms with Crippen molar-refractivity contribution in [2.24, 2.45) is 0 Å². The molecule has 3 rings (SSSR count). The van der Waals surface area contributed by atoms with Crippen molar-refractivity contribution in [1.29, 1.82) is 0 Å². The number of aromatic hydroxyl groups is 4. The molecule has 1 aliphatic rings. The van der Waals surface area contributed by atoms with E-state index in [0.717, 1.165) is 0 Å². The first-order chi connectivity index (χ1) is 10.8. The van der Waals surface area contributed by atoms with Gasteiger partial charge >= 0.3 is 0 Å². The molecule has 0 fully saturated rings. The van der Waals surface area contributed by atoms with Crippen LogP contribution in [0.5, 0.6) is 28.7 Å². The zero-order chi connectivity index (χ0) is 16.8. The molecule has 0 aliphatic carbocycles. The molecule has 0 radical (unpaired) electrons. The number of phenolic OH excluding ortho intramolecular Hbond substituents is 4. The Morgan fingerprint density at radius 3 is 2.39 bits per heavy atom. The van der Waals surface area contributed by atoms with Gasteiger partial charge in [-0.25, -0.2) is 0 Å². The molecule has 2 atom stereocenters. The van der Waals surface area contributed by atoms with Gasteiger partial charge in [-0.3, -0.25) is 0 Å². The van der Waals surface area contributed by atoms with E-state index in [9.17, 15) is 30.6 Å². The van der Waals surface area contributed by atoms with Crippen LogP contribution < -0.4 is 4.74 Å². The number of hydrogen-bond acceptors (Lipinski definition) is 7. The molecule has 7 heteroatoms. The second-order valence-corrected chi connectivity index (χ2v) is 5.65. The molecule has 0 aromatic heterocycles. The van der Waals surface area contributed by atoms with Gasteiger partial charge in [-0.05, 0) is 29.8 Å². The summed E-state index contributed by atoms with van der Waals surface area (Å²) in [7, 11) is 0. The fourth-order valence-electron chi connectivity index (χ4n) is 2.69. The van der Waals surface area contributed by atoms with Gasteiger partial charge in [-0.15, -0.1) is 0 Å². The first-order valence-corrected chi connectivity index (χ1v) is 6.91. The van der Waals surface area contributed by atoms with Crippen LogP contribution >= 0.6 is 0 Å². The highest BCUT2D eigenvalue weighted by atomic mass is 16.5. The van der Waals surface area contributed by atoms with Gasteiger partial charge in [0.1, 0.15) is 18.3 Å². The van der Waals surface area contributed by atoms with Crippen LogP contribution in [-0.4, -0.2) is 42.8 Å². The van der Waals surface area contributed by atoms with Gasteiger partial charge in [0.25, 0.3) is 0 Å². The molecule has 0 amide bonds. The minimum atomic E-state index is -1.69. The van der Waals surface area contributed by atoms with Crippen molar-refractivity contribution in [3.63, 3.8) is 0 Å². The molecule has 2 unspecified atom stereocenters. The van der Waals surface area contributed by atoms with Crippen LogP contribution in [0.25, 0.3) is 0 Å². The average Bonchev–Trinajstić information content (AvgIpc) is 2.51. The Balaban J connectivity index is 1.93. The van der Waals surface area contributed by atoms with Gasteiger partial charge in [0.05, 0.1) is 0 Å². The molecular weight excluding hydrogens is 304 g/mol. The van der Waals surface area contributed by atoms with E-state index >= 15 is 0 Å². The van der Waals surface area contributed by atoms with Crippen molar-refractivity contribution in [2.45, 2.75) is 18.1 Å². The van der Waals surface area contributed by atoms with Gasteiger partial charge in [0.2, 0.25) is 5.75 Å². The average molecular weight is 320 g/mol. The third kappa shape index (κ3) is 2.49. The van der Waals surface area contributed by atoms with Crippen LogP contribution in [0.1, 0.15) is 17.2 Å². The predicted molar refractivity (Wildman–Crippen MR) is 78.7 cm³/mol. The van der Waals surface area contributed by atoms with Crippen molar-refractivity contribution < 1.29 is 35.4 Å². The van der Waals surface area contributed by atoms with Crippen molar-refractivity contribution >= 4 is 0 Å². The summed E-state index contributed by atoms with van der Waals surface area (Å²) in [5, 5.41) is 59.2. The molecule has 7 nitrogen and oxygen atoms in total. The highest BCUT2D eigenvalue weighted by Gasteiger charge is 2.44. The minimum absolute atomic E-state index is 0.0525. The number of benzene rings is 2. The summed E-state index contributed by atoms with van der Waals surface area (Å²) in [5.41, 5.74) is -1.06. The molecule has 23 heavy (non-hydrogen) atoms. The van der Waals surface area contributed by atoms with Crippen LogP contribution in [0.15, 0.2) is 30.3 Å². The molecule has 0 saturated carbocycles. The van der Waals surface area contributed by atoms with Crippen molar-refractivity contribution in [1.82, 2.24) is 0 Å². The maximum Gasteiger partial charge on any atom is 0.200 e. The van der Waals surface area contributed by atoms with E-state index in [0.29, 0.717) is 5.56 Å². The van der Waals surface area contributed by atoms with Gasteiger partial charge in [0.15, 0.2) is 23.0 Å². The van der Waals surface area contributed by atoms with Crippen LogP contribution in [0.3, 0.4) is 0 Å². The quantitative estimate of drug-likeness (QED) is 0.453. The Hall–Kier alpha value is -2.64. The SMILES string of the molecule is Oc1ccc(CC2(O)COc3c(ccc(O)c3O)C2O)cc1O. The molecule has 2 aromatic carbocycles. The maximum atomic E-state index is 10.7. The van der Waals surface area contributed by atoms with E-state index in [1.54, 1.807) is 0 Å². The number of aliphatic hydroxyl groups is 2. The smallest absolute Gasteiger partial charge is 0.200 e. The lowest BCUT2D eigenvalue weighted by Gasteiger charge is -2.38. The molecule has 1 heterocycles. The fourth-order valence-corrected chi connectivity index (χ4v) is 2.69. The summed E-state index contributed by atoms with van der Waals surface area (Å²) in [6.07, 6.45) is -1.42. The maximum absolute atomic E-state index is 10.7. The number of rotatable bonds is 2. The second-order valence-electron chi connectivity index (χ2n) is 5.65. The van der Waals surface area contributed by atoms with Gasteiger partial charge in [0, 0.05) is 12.0 Å². The Morgan fingerprint density at radius 2 is 1.70 bits per heavy atom. The molecule has 0 saturated heterocycles. The molecule has 6 N–H and O–H groups in total. The third-order valence-electron chi connectivity index (χ3n) is 3.96. The lowest BCUT2D eigenvalue weighted by molar-refractivity contribution is -0.115. The van der Waals surface area contributed by atoms with E-state index in [1.165, 1.54) is 30.3 Å². The topological polar surface area (TPSA) is 131 Å². The third-order valence-corrected chi connectivity index (χ3v) is 3.96. The summed E-state index contributed by atoms with van der Waals surface area (Å²) in [4.78, 5) is 0. The standard InChI is InChI=1S/C16H16O7/c17-10-3-1-8(5-12(10)19)6-16(22)7-23-14-9(15(16)21)2-4-11(18)13(14)20/h1-5,15,17-22H,6-7H2. The Labute approximate surface area is 131 Å². The molecule has 0 spiro atoms. The minimum Gasteiger partial charge on any atom is -0.504 e. The van der Waals surface area contributed by atoms with Crippen LogP contribution in [0, 0.1) is 0 Å². The first kappa shape index (κ1) is 15.3. The number of phenols is 4. The van der Waals surface area contributed by atoms with E-state index in [-0.39, 0.29) is 41.6 Å². The van der Waals surface area contributed by atoms with Gasteiger partial charge < -0.3 is 35.4 Å². The Kier molecular flexibility index (Phi) is 3.46. The number of fused-ring (bicyclic) bond motifs is 1. The van der Waals surface area contributed by atoms with Crippen LogP contribution in [0.4, 0.5) is 0 Å². The molecule has 2 aromatic rings. The molecular formula is C16H16O7. The van der Waals surface area contributed by atoms with Gasteiger partial charge in [-0.1, -0.05) is 6.07 Å². The lowest BCUT2D eigenvalue weighted by atomic mass is 9.83. The first-order valence-electron chi connectivity index (χ1n) is 6.91. The summed E-state index contributed by atoms with van der Waals surface area (Å²) < 4.78 is 5.32.